The van der Waals surface area contributed by atoms with Crippen LogP contribution in [0.3, 0.4) is 0 Å². The maximum atomic E-state index is 13.1. The number of benzene rings is 2. The lowest BCUT2D eigenvalue weighted by molar-refractivity contribution is -0.387. The zero-order valence-corrected chi connectivity index (χ0v) is 15.9. The standard InChI is InChI=1S/C17H17ClN2O6S/c1-26-17(21)10-11-19(12-13-6-2-3-7-14(13)18)27(24,25)16-9-5-4-8-15(16)20(22)23/h2-9H,10-12H2,1H3. The summed E-state index contributed by atoms with van der Waals surface area (Å²) >= 11 is 6.11. The van der Waals surface area contributed by atoms with Gasteiger partial charge in [0, 0.05) is 24.2 Å². The van der Waals surface area contributed by atoms with E-state index in [2.05, 4.69) is 4.74 Å². The molecule has 0 saturated carbocycles. The van der Waals surface area contributed by atoms with E-state index in [-0.39, 0.29) is 19.5 Å². The number of carbonyl (C=O) groups is 1. The summed E-state index contributed by atoms with van der Waals surface area (Å²) in [4.78, 5) is 21.5. The van der Waals surface area contributed by atoms with Crippen LogP contribution in [0.25, 0.3) is 0 Å². The van der Waals surface area contributed by atoms with Gasteiger partial charge in [-0.2, -0.15) is 4.31 Å². The molecule has 2 aromatic carbocycles. The van der Waals surface area contributed by atoms with Crippen LogP contribution in [-0.2, 0) is 26.1 Å². The highest BCUT2D eigenvalue weighted by molar-refractivity contribution is 7.89. The van der Waals surface area contributed by atoms with Crippen molar-refractivity contribution in [2.75, 3.05) is 13.7 Å². The number of nitro benzene ring substituents is 1. The number of nitrogens with zero attached hydrogens (tertiary/aromatic N) is 2. The van der Waals surface area contributed by atoms with Gasteiger partial charge < -0.3 is 4.74 Å². The van der Waals surface area contributed by atoms with Gasteiger partial charge in [-0.3, -0.25) is 14.9 Å². The van der Waals surface area contributed by atoms with Crippen LogP contribution < -0.4 is 0 Å². The fourth-order valence-corrected chi connectivity index (χ4v) is 4.16. The van der Waals surface area contributed by atoms with Crippen LogP contribution in [0.2, 0.25) is 5.02 Å². The van der Waals surface area contributed by atoms with Crippen molar-refractivity contribution in [1.29, 1.82) is 0 Å². The van der Waals surface area contributed by atoms with Crippen LogP contribution in [0.4, 0.5) is 5.69 Å². The van der Waals surface area contributed by atoms with Gasteiger partial charge in [-0.1, -0.05) is 41.9 Å². The lowest BCUT2D eigenvalue weighted by Crippen LogP contribution is -2.33. The number of esters is 1. The first kappa shape index (κ1) is 20.8. The Kier molecular flexibility index (Phi) is 6.89. The third-order valence-electron chi connectivity index (χ3n) is 3.78. The summed E-state index contributed by atoms with van der Waals surface area (Å²) in [6.07, 6.45) is -0.208. The zero-order chi connectivity index (χ0) is 20.0. The van der Waals surface area contributed by atoms with Crippen LogP contribution in [0.5, 0.6) is 0 Å². The molecule has 0 atom stereocenters. The molecule has 0 saturated heterocycles. The van der Waals surface area contributed by atoms with E-state index in [9.17, 15) is 23.3 Å². The highest BCUT2D eigenvalue weighted by Gasteiger charge is 2.32. The van der Waals surface area contributed by atoms with Gasteiger partial charge in [0.05, 0.1) is 18.5 Å². The first-order chi connectivity index (χ1) is 12.8. The van der Waals surface area contributed by atoms with Crippen molar-refractivity contribution >= 4 is 33.3 Å². The fraction of sp³-hybridized carbons (Fsp3) is 0.235. The Balaban J connectivity index is 2.46. The molecule has 0 amide bonds. The van der Waals surface area contributed by atoms with Crippen molar-refractivity contribution in [3.05, 3.63) is 69.2 Å². The van der Waals surface area contributed by atoms with E-state index >= 15 is 0 Å². The van der Waals surface area contributed by atoms with E-state index in [0.717, 1.165) is 16.4 Å². The topological polar surface area (TPSA) is 107 Å². The molecule has 144 valence electrons. The average molecular weight is 413 g/mol. The van der Waals surface area contributed by atoms with Gasteiger partial charge in [-0.15, -0.1) is 0 Å². The molecular weight excluding hydrogens is 396 g/mol. The van der Waals surface area contributed by atoms with Crippen molar-refractivity contribution in [3.63, 3.8) is 0 Å². The van der Waals surface area contributed by atoms with Crippen LogP contribution in [0.1, 0.15) is 12.0 Å². The summed E-state index contributed by atoms with van der Waals surface area (Å²) in [6, 6.07) is 11.7. The second-order valence-corrected chi connectivity index (χ2v) is 7.79. The smallest absolute Gasteiger partial charge is 0.306 e. The number of methoxy groups -OCH3 is 1. The highest BCUT2D eigenvalue weighted by Crippen LogP contribution is 2.28. The molecule has 0 heterocycles. The maximum absolute atomic E-state index is 13.1. The number of hydrogen-bond acceptors (Lipinski definition) is 6. The van der Waals surface area contributed by atoms with E-state index in [1.165, 1.54) is 19.2 Å². The maximum Gasteiger partial charge on any atom is 0.306 e. The normalized spacial score (nSPS) is 11.4. The molecule has 0 fully saturated rings. The number of nitro groups is 1. The molecule has 0 N–H and O–H groups in total. The van der Waals surface area contributed by atoms with E-state index in [4.69, 9.17) is 11.6 Å². The molecule has 0 aliphatic carbocycles. The monoisotopic (exact) mass is 412 g/mol. The summed E-state index contributed by atoms with van der Waals surface area (Å²) < 4.78 is 31.7. The second kappa shape index (κ2) is 8.94. The molecule has 2 aromatic rings. The Bertz CT molecular complexity index is 948. The molecule has 10 heteroatoms. The Morgan fingerprint density at radius 2 is 1.81 bits per heavy atom. The average Bonchev–Trinajstić information content (AvgIpc) is 2.65. The summed E-state index contributed by atoms with van der Waals surface area (Å²) in [5.74, 6) is -0.600. The molecule has 0 bridgehead atoms. The van der Waals surface area contributed by atoms with Gasteiger partial charge in [0.15, 0.2) is 4.90 Å². The first-order valence-electron chi connectivity index (χ1n) is 7.81. The first-order valence-corrected chi connectivity index (χ1v) is 9.63. The largest absolute Gasteiger partial charge is 0.469 e. The van der Waals surface area contributed by atoms with Crippen LogP contribution in [0, 0.1) is 10.1 Å². The zero-order valence-electron chi connectivity index (χ0n) is 14.4. The lowest BCUT2D eigenvalue weighted by atomic mass is 10.2. The molecule has 0 radical (unpaired) electrons. The summed E-state index contributed by atoms with van der Waals surface area (Å²) in [5.41, 5.74) is -0.0362. The van der Waals surface area contributed by atoms with Crippen LogP contribution in [-0.4, -0.2) is 37.3 Å². The minimum Gasteiger partial charge on any atom is -0.469 e. The molecule has 0 unspecified atom stereocenters. The van der Waals surface area contributed by atoms with Crippen molar-refractivity contribution in [2.45, 2.75) is 17.9 Å². The van der Waals surface area contributed by atoms with Gasteiger partial charge >= 0.3 is 5.97 Å². The Morgan fingerprint density at radius 3 is 2.44 bits per heavy atom. The van der Waals surface area contributed by atoms with Gasteiger partial charge in [0.1, 0.15) is 0 Å². The molecule has 0 spiro atoms. The van der Waals surface area contributed by atoms with Crippen molar-refractivity contribution in [2.24, 2.45) is 0 Å². The quantitative estimate of drug-likeness (QED) is 0.374. The lowest BCUT2D eigenvalue weighted by Gasteiger charge is -2.22. The highest BCUT2D eigenvalue weighted by atomic mass is 35.5. The van der Waals surface area contributed by atoms with Gasteiger partial charge in [-0.25, -0.2) is 8.42 Å². The number of hydrogen-bond donors (Lipinski definition) is 0. The third-order valence-corrected chi connectivity index (χ3v) is 6.04. The molecule has 0 aliphatic rings. The summed E-state index contributed by atoms with van der Waals surface area (Å²) in [7, 11) is -3.08. The fourth-order valence-electron chi connectivity index (χ4n) is 2.38. The second-order valence-electron chi connectivity index (χ2n) is 5.48. The number of halogens is 1. The van der Waals surface area contributed by atoms with Crippen molar-refractivity contribution in [3.8, 4) is 0 Å². The number of carbonyl (C=O) groups excluding carboxylic acids is 1. The minimum atomic E-state index is -4.27. The van der Waals surface area contributed by atoms with E-state index in [0.29, 0.717) is 10.6 Å². The van der Waals surface area contributed by atoms with Gasteiger partial charge in [-0.05, 0) is 17.7 Å². The summed E-state index contributed by atoms with van der Waals surface area (Å²) in [5, 5.41) is 11.6. The molecule has 2 rings (SSSR count). The number of rotatable bonds is 8. The van der Waals surface area contributed by atoms with Crippen LogP contribution in [0.15, 0.2) is 53.4 Å². The molecule has 0 aliphatic heterocycles. The van der Waals surface area contributed by atoms with Crippen molar-refractivity contribution in [1.82, 2.24) is 4.31 Å². The molecule has 0 aromatic heterocycles. The summed E-state index contributed by atoms with van der Waals surface area (Å²) in [6.45, 7) is -0.364. The predicted octanol–water partition coefficient (Wildman–Crippen LogP) is 3.00. The Morgan fingerprint density at radius 1 is 1.19 bits per heavy atom. The van der Waals surface area contributed by atoms with Crippen molar-refractivity contribution < 1.29 is 22.9 Å². The minimum absolute atomic E-state index is 0.148. The van der Waals surface area contributed by atoms with Gasteiger partial charge in [0.25, 0.3) is 5.69 Å². The predicted molar refractivity (Wildman–Crippen MR) is 98.8 cm³/mol. The Labute approximate surface area is 161 Å². The van der Waals surface area contributed by atoms with Gasteiger partial charge in [0.2, 0.25) is 10.0 Å². The number of para-hydroxylation sites is 1. The number of ether oxygens (including phenoxy) is 1. The van der Waals surface area contributed by atoms with E-state index < -0.39 is 31.5 Å². The SMILES string of the molecule is COC(=O)CCN(Cc1ccccc1Cl)S(=O)(=O)c1ccccc1[N+](=O)[O-]. The Hall–Kier alpha value is -2.49. The molecular formula is C17H17ClN2O6S. The van der Waals surface area contributed by atoms with Crippen LogP contribution >= 0.6 is 11.6 Å². The third kappa shape index (κ3) is 5.03. The van der Waals surface area contributed by atoms with E-state index in [1.807, 2.05) is 0 Å². The van der Waals surface area contributed by atoms with E-state index in [1.54, 1.807) is 24.3 Å². The number of sulfonamides is 1. The molecule has 27 heavy (non-hydrogen) atoms. The molecule has 8 nitrogen and oxygen atoms in total.